The van der Waals surface area contributed by atoms with E-state index in [-0.39, 0.29) is 11.7 Å². The van der Waals surface area contributed by atoms with E-state index in [2.05, 4.69) is 15.1 Å². The Labute approximate surface area is 166 Å². The van der Waals surface area contributed by atoms with E-state index in [9.17, 15) is 9.18 Å². The van der Waals surface area contributed by atoms with Crippen molar-refractivity contribution >= 4 is 5.91 Å². The normalized spacial score (nSPS) is 22.8. The minimum absolute atomic E-state index is 0.0986. The van der Waals surface area contributed by atoms with Crippen LogP contribution in [0.2, 0.25) is 0 Å². The Morgan fingerprint density at radius 3 is 2.54 bits per heavy atom. The molecular weight excluding hydrogens is 353 g/mol. The van der Waals surface area contributed by atoms with Crippen molar-refractivity contribution in [2.24, 2.45) is 5.92 Å². The number of fused-ring (bicyclic) bond motifs is 4. The zero-order chi connectivity index (χ0) is 19.3. The van der Waals surface area contributed by atoms with E-state index in [1.165, 1.54) is 18.6 Å². The van der Waals surface area contributed by atoms with E-state index in [0.29, 0.717) is 25.0 Å². The van der Waals surface area contributed by atoms with Gasteiger partial charge in [0.2, 0.25) is 5.91 Å². The molecule has 0 spiro atoms. The van der Waals surface area contributed by atoms with Crippen molar-refractivity contribution in [1.82, 2.24) is 15.1 Å². The molecule has 3 fully saturated rings. The number of nitrogens with one attached hydrogen (secondary N) is 1. The van der Waals surface area contributed by atoms with Crippen molar-refractivity contribution in [3.63, 3.8) is 0 Å². The molecule has 2 aromatic rings. The Kier molecular flexibility index (Phi) is 6.03. The standard InChI is InChI=1S/C23H28FN3O/c24-21-9-6-19(7-10-21)13-26-14-20-8-11-22(16-26)27(15-20)17-23(28)25-12-18-4-2-1-3-5-18/h1-7,9-10,20,22H,8,11-17H2,(H,25,28)/t20-,22+/m0/s1. The van der Waals surface area contributed by atoms with Gasteiger partial charge in [-0.05, 0) is 42.0 Å². The number of carbonyl (C=O) groups is 1. The zero-order valence-corrected chi connectivity index (χ0v) is 16.2. The molecule has 148 valence electrons. The fourth-order valence-corrected chi connectivity index (χ4v) is 4.48. The monoisotopic (exact) mass is 381 g/mol. The van der Waals surface area contributed by atoms with E-state index in [4.69, 9.17) is 0 Å². The first-order valence-corrected chi connectivity index (χ1v) is 10.2. The lowest BCUT2D eigenvalue weighted by Gasteiger charge is -2.35. The number of halogens is 1. The Morgan fingerprint density at radius 2 is 1.75 bits per heavy atom. The van der Waals surface area contributed by atoms with Crippen LogP contribution in [0, 0.1) is 11.7 Å². The zero-order valence-electron chi connectivity index (χ0n) is 16.2. The van der Waals surface area contributed by atoms with Gasteiger partial charge in [-0.25, -0.2) is 4.39 Å². The predicted octanol–water partition coefficient (Wildman–Crippen LogP) is 3.04. The molecule has 0 radical (unpaired) electrons. The number of nitrogens with zero attached hydrogens (tertiary/aromatic N) is 2. The van der Waals surface area contributed by atoms with E-state index >= 15 is 0 Å². The van der Waals surface area contributed by atoms with Crippen LogP contribution >= 0.6 is 0 Å². The average Bonchev–Trinajstić information content (AvgIpc) is 2.99. The minimum Gasteiger partial charge on any atom is -0.351 e. The highest BCUT2D eigenvalue weighted by Crippen LogP contribution is 2.28. The lowest BCUT2D eigenvalue weighted by molar-refractivity contribution is -0.123. The highest BCUT2D eigenvalue weighted by Gasteiger charge is 2.35. The first-order valence-electron chi connectivity index (χ1n) is 10.2. The second-order valence-corrected chi connectivity index (χ2v) is 8.11. The van der Waals surface area contributed by atoms with Crippen LogP contribution in [0.3, 0.4) is 0 Å². The number of carbonyl (C=O) groups excluding carboxylic acids is 1. The summed E-state index contributed by atoms with van der Waals surface area (Å²) in [5.41, 5.74) is 2.27. The topological polar surface area (TPSA) is 35.6 Å². The van der Waals surface area contributed by atoms with Crippen LogP contribution in [-0.4, -0.2) is 47.9 Å². The van der Waals surface area contributed by atoms with Crippen molar-refractivity contribution in [1.29, 1.82) is 0 Å². The molecule has 5 heteroatoms. The number of benzene rings is 2. The Hall–Kier alpha value is -2.24. The van der Waals surface area contributed by atoms with Gasteiger partial charge < -0.3 is 5.32 Å². The van der Waals surface area contributed by atoms with Gasteiger partial charge in [-0.3, -0.25) is 14.6 Å². The molecule has 3 aliphatic rings. The number of piperidine rings is 1. The maximum Gasteiger partial charge on any atom is 0.234 e. The number of amides is 1. The molecule has 3 saturated heterocycles. The molecule has 2 bridgehead atoms. The molecule has 2 atom stereocenters. The maximum atomic E-state index is 13.2. The molecule has 0 saturated carbocycles. The van der Waals surface area contributed by atoms with Gasteiger partial charge in [0.1, 0.15) is 5.82 Å². The first-order chi connectivity index (χ1) is 13.7. The van der Waals surface area contributed by atoms with E-state index in [0.717, 1.165) is 43.7 Å². The van der Waals surface area contributed by atoms with Gasteiger partial charge in [0.05, 0.1) is 6.54 Å². The van der Waals surface area contributed by atoms with Gasteiger partial charge >= 0.3 is 0 Å². The van der Waals surface area contributed by atoms with Gasteiger partial charge in [0.25, 0.3) is 0 Å². The molecule has 3 heterocycles. The summed E-state index contributed by atoms with van der Waals surface area (Å²) < 4.78 is 13.2. The molecule has 0 aliphatic carbocycles. The molecule has 0 unspecified atom stereocenters. The summed E-state index contributed by atoms with van der Waals surface area (Å²) in [5, 5.41) is 3.05. The summed E-state index contributed by atoms with van der Waals surface area (Å²) in [6, 6.07) is 17.3. The predicted molar refractivity (Wildman–Crippen MR) is 108 cm³/mol. The molecule has 1 N–H and O–H groups in total. The summed E-state index contributed by atoms with van der Waals surface area (Å²) in [7, 11) is 0. The van der Waals surface area contributed by atoms with Crippen LogP contribution in [0.25, 0.3) is 0 Å². The van der Waals surface area contributed by atoms with Crippen molar-refractivity contribution in [3.05, 3.63) is 71.5 Å². The molecule has 4 nitrogen and oxygen atoms in total. The maximum absolute atomic E-state index is 13.2. The van der Waals surface area contributed by atoms with E-state index in [1.807, 2.05) is 42.5 Å². The van der Waals surface area contributed by atoms with Crippen molar-refractivity contribution in [2.45, 2.75) is 32.0 Å². The van der Waals surface area contributed by atoms with E-state index < -0.39 is 0 Å². The highest BCUT2D eigenvalue weighted by atomic mass is 19.1. The molecule has 28 heavy (non-hydrogen) atoms. The highest BCUT2D eigenvalue weighted by molar-refractivity contribution is 5.78. The van der Waals surface area contributed by atoms with Crippen molar-refractivity contribution in [2.75, 3.05) is 26.2 Å². The van der Waals surface area contributed by atoms with E-state index in [1.54, 1.807) is 0 Å². The molecule has 5 rings (SSSR count). The number of hydrogen-bond acceptors (Lipinski definition) is 3. The summed E-state index contributed by atoms with van der Waals surface area (Å²) in [6.45, 7) is 4.91. The molecular formula is C23H28FN3O. The fraction of sp³-hybridized carbons (Fsp3) is 0.435. The third-order valence-electron chi connectivity index (χ3n) is 5.90. The van der Waals surface area contributed by atoms with Crippen molar-refractivity contribution < 1.29 is 9.18 Å². The molecule has 3 aliphatic heterocycles. The lowest BCUT2D eigenvalue weighted by atomic mass is 9.95. The summed E-state index contributed by atoms with van der Waals surface area (Å²) in [5.74, 6) is 0.509. The average molecular weight is 381 g/mol. The smallest absolute Gasteiger partial charge is 0.234 e. The van der Waals surface area contributed by atoms with Crippen LogP contribution < -0.4 is 5.32 Å². The second-order valence-electron chi connectivity index (χ2n) is 8.11. The van der Waals surface area contributed by atoms with Crippen LogP contribution in [-0.2, 0) is 17.9 Å². The van der Waals surface area contributed by atoms with Crippen molar-refractivity contribution in [3.8, 4) is 0 Å². The SMILES string of the molecule is O=C(CN1C[C@H]2CC[C@@H]1CN(Cc1ccc(F)cc1)C2)NCc1ccccc1. The Bertz CT molecular complexity index is 780. The van der Waals surface area contributed by atoms with Crippen LogP contribution in [0.15, 0.2) is 54.6 Å². The lowest BCUT2D eigenvalue weighted by Crippen LogP contribution is -2.48. The molecule has 0 aromatic heterocycles. The quantitative estimate of drug-likeness (QED) is 0.836. The van der Waals surface area contributed by atoms with Gasteiger partial charge in [-0.15, -0.1) is 0 Å². The molecule has 2 aromatic carbocycles. The Morgan fingerprint density at radius 1 is 0.964 bits per heavy atom. The van der Waals surface area contributed by atoms with Gasteiger partial charge in [0, 0.05) is 38.8 Å². The first kappa shape index (κ1) is 19.1. The Balaban J connectivity index is 1.31. The van der Waals surface area contributed by atoms with Gasteiger partial charge in [-0.1, -0.05) is 42.5 Å². The summed E-state index contributed by atoms with van der Waals surface area (Å²) in [4.78, 5) is 17.3. The number of rotatable bonds is 6. The minimum atomic E-state index is -0.188. The second kappa shape index (κ2) is 8.84. The van der Waals surface area contributed by atoms with Gasteiger partial charge in [0.15, 0.2) is 0 Å². The number of hydrogen-bond donors (Lipinski definition) is 1. The van der Waals surface area contributed by atoms with Crippen LogP contribution in [0.1, 0.15) is 24.0 Å². The van der Waals surface area contributed by atoms with Crippen LogP contribution in [0.4, 0.5) is 4.39 Å². The van der Waals surface area contributed by atoms with Crippen LogP contribution in [0.5, 0.6) is 0 Å². The summed E-state index contributed by atoms with van der Waals surface area (Å²) in [6.07, 6.45) is 2.38. The molecule has 1 amide bonds. The summed E-state index contributed by atoms with van der Waals surface area (Å²) >= 11 is 0. The fourth-order valence-electron chi connectivity index (χ4n) is 4.48. The third kappa shape index (κ3) is 4.97. The largest absolute Gasteiger partial charge is 0.351 e. The van der Waals surface area contributed by atoms with Gasteiger partial charge in [-0.2, -0.15) is 0 Å². The third-order valence-corrected chi connectivity index (χ3v) is 5.90.